The third-order valence-corrected chi connectivity index (χ3v) is 6.44. The summed E-state index contributed by atoms with van der Waals surface area (Å²) < 4.78 is 0. The monoisotopic (exact) mass is 297 g/mol. The van der Waals surface area contributed by atoms with Crippen molar-refractivity contribution in [2.75, 3.05) is 5.32 Å². The zero-order valence-corrected chi connectivity index (χ0v) is 14.0. The van der Waals surface area contributed by atoms with Crippen LogP contribution < -0.4 is 5.32 Å². The largest absolute Gasteiger partial charge is 0.325 e. The summed E-state index contributed by atoms with van der Waals surface area (Å²) in [5.74, 6) is 2.76. The lowest BCUT2D eigenvalue weighted by molar-refractivity contribution is -0.140. The molecule has 1 aromatic rings. The Morgan fingerprint density at radius 3 is 1.86 bits per heavy atom. The molecule has 1 N–H and O–H groups in total. The summed E-state index contributed by atoms with van der Waals surface area (Å²) in [6.45, 7) is 6.33. The first-order valence-electron chi connectivity index (χ1n) is 8.84. The Kier molecular flexibility index (Phi) is 3.15. The Labute approximate surface area is 133 Å². The van der Waals surface area contributed by atoms with Gasteiger partial charge in [-0.05, 0) is 88.2 Å². The van der Waals surface area contributed by atoms with Crippen LogP contribution in [0.15, 0.2) is 12.1 Å². The van der Waals surface area contributed by atoms with Gasteiger partial charge in [0.05, 0.1) is 5.41 Å². The second-order valence-corrected chi connectivity index (χ2v) is 8.43. The minimum atomic E-state index is -0.0570. The van der Waals surface area contributed by atoms with Gasteiger partial charge in [-0.25, -0.2) is 0 Å². The number of nitrogens with one attached hydrogen (secondary N) is 1. The van der Waals surface area contributed by atoms with Crippen molar-refractivity contribution in [3.05, 3.63) is 28.8 Å². The van der Waals surface area contributed by atoms with Crippen molar-refractivity contribution >= 4 is 11.6 Å². The fourth-order valence-corrected chi connectivity index (χ4v) is 6.01. The molecule has 1 amide bonds. The van der Waals surface area contributed by atoms with Crippen molar-refractivity contribution < 1.29 is 4.79 Å². The number of rotatable bonds is 2. The molecule has 0 spiro atoms. The normalized spacial score (nSPS) is 35.7. The standard InChI is InChI=1S/C20H27NO/c1-12-4-13(2)18(14(3)5-12)21-19(22)20-9-15-6-16(10-20)8-17(7-15)11-20/h4-5,15-17H,6-11H2,1-3H3,(H,21,22). The lowest BCUT2D eigenvalue weighted by Crippen LogP contribution is -2.51. The van der Waals surface area contributed by atoms with Crippen LogP contribution in [0.4, 0.5) is 5.69 Å². The molecule has 5 rings (SSSR count). The minimum absolute atomic E-state index is 0.0570. The highest BCUT2D eigenvalue weighted by Crippen LogP contribution is 2.60. The first-order chi connectivity index (χ1) is 10.4. The molecule has 0 aromatic heterocycles. The molecule has 22 heavy (non-hydrogen) atoms. The summed E-state index contributed by atoms with van der Waals surface area (Å²) in [7, 11) is 0. The number of carbonyl (C=O) groups excluding carboxylic acids is 1. The van der Waals surface area contributed by atoms with Crippen LogP contribution in [-0.2, 0) is 4.79 Å². The van der Waals surface area contributed by atoms with Gasteiger partial charge >= 0.3 is 0 Å². The summed E-state index contributed by atoms with van der Waals surface area (Å²) >= 11 is 0. The molecule has 2 heteroatoms. The molecule has 4 saturated carbocycles. The Hall–Kier alpha value is -1.31. The van der Waals surface area contributed by atoms with Gasteiger partial charge in [0.15, 0.2) is 0 Å². The molecule has 0 radical (unpaired) electrons. The van der Waals surface area contributed by atoms with Crippen LogP contribution in [0, 0.1) is 43.9 Å². The van der Waals surface area contributed by atoms with Gasteiger partial charge in [-0.3, -0.25) is 4.79 Å². The van der Waals surface area contributed by atoms with E-state index < -0.39 is 0 Å². The fraction of sp³-hybridized carbons (Fsp3) is 0.650. The molecule has 4 aliphatic carbocycles. The van der Waals surface area contributed by atoms with E-state index in [9.17, 15) is 4.79 Å². The number of hydrogen-bond donors (Lipinski definition) is 1. The van der Waals surface area contributed by atoms with Gasteiger partial charge in [-0.15, -0.1) is 0 Å². The van der Waals surface area contributed by atoms with Gasteiger partial charge in [0.1, 0.15) is 0 Å². The highest BCUT2D eigenvalue weighted by molar-refractivity contribution is 5.97. The Balaban J connectivity index is 1.60. The lowest BCUT2D eigenvalue weighted by atomic mass is 9.49. The van der Waals surface area contributed by atoms with Gasteiger partial charge in [-0.1, -0.05) is 17.7 Å². The Bertz CT molecular complexity index is 572. The SMILES string of the molecule is Cc1cc(C)c(NC(=O)C23CC4CC(CC(C4)C2)C3)c(C)c1. The van der Waals surface area contributed by atoms with E-state index in [0.29, 0.717) is 5.91 Å². The molecule has 2 nitrogen and oxygen atoms in total. The minimum Gasteiger partial charge on any atom is -0.325 e. The summed E-state index contributed by atoms with van der Waals surface area (Å²) in [5, 5.41) is 3.32. The number of amides is 1. The van der Waals surface area contributed by atoms with Gasteiger partial charge in [-0.2, -0.15) is 0 Å². The average molecular weight is 297 g/mol. The predicted octanol–water partition coefficient (Wildman–Crippen LogP) is 4.77. The highest BCUT2D eigenvalue weighted by Gasteiger charge is 2.54. The number of hydrogen-bond acceptors (Lipinski definition) is 1. The fourth-order valence-electron chi connectivity index (χ4n) is 6.01. The summed E-state index contributed by atoms with van der Waals surface area (Å²) in [6.07, 6.45) is 7.55. The van der Waals surface area contributed by atoms with E-state index in [1.165, 1.54) is 36.0 Å². The van der Waals surface area contributed by atoms with Crippen LogP contribution in [0.1, 0.15) is 55.2 Å². The van der Waals surface area contributed by atoms with Crippen LogP contribution >= 0.6 is 0 Å². The maximum Gasteiger partial charge on any atom is 0.230 e. The van der Waals surface area contributed by atoms with Gasteiger partial charge in [0, 0.05) is 5.69 Å². The second kappa shape index (κ2) is 4.84. The van der Waals surface area contributed by atoms with E-state index >= 15 is 0 Å². The average Bonchev–Trinajstić information content (AvgIpc) is 2.41. The van der Waals surface area contributed by atoms with E-state index in [4.69, 9.17) is 0 Å². The molecule has 4 fully saturated rings. The van der Waals surface area contributed by atoms with Gasteiger partial charge in [0.2, 0.25) is 5.91 Å². The number of carbonyl (C=O) groups is 1. The summed E-state index contributed by atoms with van der Waals surface area (Å²) in [6, 6.07) is 4.34. The molecular weight excluding hydrogens is 270 g/mol. The topological polar surface area (TPSA) is 29.1 Å². The van der Waals surface area contributed by atoms with Crippen LogP contribution in [0.2, 0.25) is 0 Å². The van der Waals surface area contributed by atoms with E-state index in [1.807, 2.05) is 0 Å². The Morgan fingerprint density at radius 2 is 1.41 bits per heavy atom. The Morgan fingerprint density at radius 1 is 0.955 bits per heavy atom. The third-order valence-electron chi connectivity index (χ3n) is 6.44. The molecule has 4 bridgehead atoms. The van der Waals surface area contributed by atoms with Crippen LogP contribution in [-0.4, -0.2) is 5.91 Å². The predicted molar refractivity (Wildman–Crippen MR) is 89.9 cm³/mol. The first-order valence-corrected chi connectivity index (χ1v) is 8.84. The van der Waals surface area contributed by atoms with E-state index in [-0.39, 0.29) is 5.41 Å². The third kappa shape index (κ3) is 2.19. The molecule has 0 aliphatic heterocycles. The maximum absolute atomic E-state index is 13.1. The molecule has 0 atom stereocenters. The molecule has 118 valence electrons. The number of benzene rings is 1. The summed E-state index contributed by atoms with van der Waals surface area (Å²) in [5.41, 5.74) is 4.64. The smallest absolute Gasteiger partial charge is 0.230 e. The molecule has 0 heterocycles. The molecule has 0 unspecified atom stereocenters. The summed E-state index contributed by atoms with van der Waals surface area (Å²) in [4.78, 5) is 13.1. The number of anilines is 1. The maximum atomic E-state index is 13.1. The van der Waals surface area contributed by atoms with Gasteiger partial charge < -0.3 is 5.32 Å². The van der Waals surface area contributed by atoms with Crippen molar-refractivity contribution in [1.29, 1.82) is 0 Å². The number of aryl methyl sites for hydroxylation is 3. The lowest BCUT2D eigenvalue weighted by Gasteiger charge is -2.55. The van der Waals surface area contributed by atoms with Crippen LogP contribution in [0.3, 0.4) is 0 Å². The molecular formula is C20H27NO. The van der Waals surface area contributed by atoms with E-state index in [0.717, 1.165) is 42.7 Å². The zero-order chi connectivity index (χ0) is 15.5. The quantitative estimate of drug-likeness (QED) is 0.837. The van der Waals surface area contributed by atoms with Crippen molar-refractivity contribution in [2.45, 2.75) is 59.3 Å². The molecule has 1 aromatic carbocycles. The highest BCUT2D eigenvalue weighted by atomic mass is 16.2. The van der Waals surface area contributed by atoms with Crippen LogP contribution in [0.5, 0.6) is 0 Å². The second-order valence-electron chi connectivity index (χ2n) is 8.43. The molecule has 0 saturated heterocycles. The van der Waals surface area contributed by atoms with Crippen LogP contribution in [0.25, 0.3) is 0 Å². The van der Waals surface area contributed by atoms with E-state index in [2.05, 4.69) is 38.2 Å². The van der Waals surface area contributed by atoms with E-state index in [1.54, 1.807) is 0 Å². The molecule has 4 aliphatic rings. The van der Waals surface area contributed by atoms with Crippen molar-refractivity contribution in [2.24, 2.45) is 23.2 Å². The zero-order valence-electron chi connectivity index (χ0n) is 14.0. The van der Waals surface area contributed by atoms with Crippen molar-refractivity contribution in [3.63, 3.8) is 0 Å². The van der Waals surface area contributed by atoms with Crippen molar-refractivity contribution in [3.8, 4) is 0 Å². The first kappa shape index (κ1) is 14.3. The van der Waals surface area contributed by atoms with Crippen molar-refractivity contribution in [1.82, 2.24) is 0 Å². The van der Waals surface area contributed by atoms with Gasteiger partial charge in [0.25, 0.3) is 0 Å².